The third-order valence-corrected chi connectivity index (χ3v) is 5.11. The molecule has 148 valence electrons. The smallest absolute Gasteiger partial charge is 0.355 e. The lowest BCUT2D eigenvalue weighted by atomic mass is 10.2. The molecule has 0 radical (unpaired) electrons. The number of aliphatic hydroxyl groups is 1. The van der Waals surface area contributed by atoms with Gasteiger partial charge in [-0.15, -0.1) is 0 Å². The summed E-state index contributed by atoms with van der Waals surface area (Å²) < 4.78 is 31.2. The molecule has 0 saturated carbocycles. The van der Waals surface area contributed by atoms with E-state index in [-0.39, 0.29) is 31.1 Å². The Morgan fingerprint density at radius 2 is 2.00 bits per heavy atom. The van der Waals surface area contributed by atoms with Crippen LogP contribution in [0, 0.1) is 0 Å². The molecular formula is C17H23N3O6S. The number of nitrogens with one attached hydrogen (secondary N) is 1. The maximum atomic E-state index is 12.1. The van der Waals surface area contributed by atoms with E-state index >= 15 is 0 Å². The van der Waals surface area contributed by atoms with Crippen LogP contribution in [0.4, 0.5) is 11.4 Å². The molecular weight excluding hydrogens is 374 g/mol. The fraction of sp³-hybridized carbons (Fsp3) is 0.471. The van der Waals surface area contributed by atoms with Gasteiger partial charge in [0, 0.05) is 5.69 Å². The van der Waals surface area contributed by atoms with Crippen molar-refractivity contribution in [1.29, 1.82) is 0 Å². The van der Waals surface area contributed by atoms with Crippen LogP contribution in [0.25, 0.3) is 0 Å². The molecule has 1 aliphatic rings. The predicted molar refractivity (Wildman–Crippen MR) is 101 cm³/mol. The number of carbonyl (C=O) groups excluding carboxylic acids is 2. The van der Waals surface area contributed by atoms with Crippen LogP contribution in [0.1, 0.15) is 32.6 Å². The number of esters is 1. The van der Waals surface area contributed by atoms with Gasteiger partial charge in [0.2, 0.25) is 10.0 Å². The summed E-state index contributed by atoms with van der Waals surface area (Å²) in [5.41, 5.74) is 0.737. The van der Waals surface area contributed by atoms with Gasteiger partial charge in [-0.25, -0.2) is 13.2 Å². The first-order valence-electron chi connectivity index (χ1n) is 8.65. The number of nitrogens with zero attached hydrogens (tertiary/aromatic N) is 2. The molecule has 1 aromatic rings. The Hall–Kier alpha value is -2.46. The van der Waals surface area contributed by atoms with Crippen molar-refractivity contribution < 1.29 is 27.9 Å². The molecule has 1 aliphatic heterocycles. The maximum absolute atomic E-state index is 12.1. The average Bonchev–Trinajstić information content (AvgIpc) is 3.02. The van der Waals surface area contributed by atoms with Gasteiger partial charge in [0.1, 0.15) is 6.61 Å². The zero-order valence-electron chi connectivity index (χ0n) is 15.1. The fourth-order valence-corrected chi connectivity index (χ4v) is 3.59. The van der Waals surface area contributed by atoms with Crippen LogP contribution >= 0.6 is 0 Å². The molecule has 0 aromatic heterocycles. The zero-order valence-corrected chi connectivity index (χ0v) is 15.9. The average molecular weight is 397 g/mol. The van der Waals surface area contributed by atoms with Crippen molar-refractivity contribution in [2.24, 2.45) is 5.10 Å². The largest absolute Gasteiger partial charge is 0.459 e. The number of carbonyl (C=O) groups is 2. The van der Waals surface area contributed by atoms with Gasteiger partial charge < -0.3 is 9.84 Å². The van der Waals surface area contributed by atoms with Gasteiger partial charge in [0.25, 0.3) is 5.91 Å². The molecule has 0 bridgehead atoms. The van der Waals surface area contributed by atoms with E-state index in [1.54, 1.807) is 0 Å². The molecule has 1 aromatic carbocycles. The van der Waals surface area contributed by atoms with E-state index in [0.717, 1.165) is 17.9 Å². The Kier molecular flexibility index (Phi) is 7.31. The van der Waals surface area contributed by atoms with Gasteiger partial charge in [0.05, 0.1) is 24.5 Å². The van der Waals surface area contributed by atoms with Crippen LogP contribution in [0.15, 0.2) is 29.4 Å². The minimum atomic E-state index is -3.42. The standard InChI is InChI=1S/C17H23N3O6S/c1-2-3-4-11-27(24,25)19-13-5-7-14(8-6-13)20-16(22)12-15(18-20)17(23)26-10-9-21/h5-8,19,21H,2-4,9-12H2,1H3. The lowest BCUT2D eigenvalue weighted by Gasteiger charge is -2.13. The maximum Gasteiger partial charge on any atom is 0.355 e. The van der Waals surface area contributed by atoms with Crippen LogP contribution in [0.5, 0.6) is 0 Å². The second kappa shape index (κ2) is 9.47. The van der Waals surface area contributed by atoms with Crippen LogP contribution < -0.4 is 9.73 Å². The fourth-order valence-electron chi connectivity index (χ4n) is 2.41. The van der Waals surface area contributed by atoms with Gasteiger partial charge in [-0.05, 0) is 30.7 Å². The minimum Gasteiger partial charge on any atom is -0.459 e. The summed E-state index contributed by atoms with van der Waals surface area (Å²) in [6.45, 7) is 1.52. The zero-order chi connectivity index (χ0) is 19.9. The van der Waals surface area contributed by atoms with E-state index in [9.17, 15) is 18.0 Å². The summed E-state index contributed by atoms with van der Waals surface area (Å²) in [5, 5.41) is 13.7. The van der Waals surface area contributed by atoms with Crippen LogP contribution in [-0.2, 0) is 24.3 Å². The molecule has 2 N–H and O–H groups in total. The monoisotopic (exact) mass is 397 g/mol. The number of unbranched alkanes of at least 4 members (excludes halogenated alkanes) is 2. The number of aliphatic hydroxyl groups excluding tert-OH is 1. The van der Waals surface area contributed by atoms with Gasteiger partial charge >= 0.3 is 5.97 Å². The van der Waals surface area contributed by atoms with Crippen molar-refractivity contribution in [3.05, 3.63) is 24.3 Å². The summed E-state index contributed by atoms with van der Waals surface area (Å²) in [6, 6.07) is 6.12. The van der Waals surface area contributed by atoms with E-state index < -0.39 is 21.9 Å². The number of hydrogen-bond donors (Lipinski definition) is 2. The highest BCUT2D eigenvalue weighted by Crippen LogP contribution is 2.23. The summed E-state index contributed by atoms with van der Waals surface area (Å²) in [7, 11) is -3.42. The molecule has 1 amide bonds. The minimum absolute atomic E-state index is 0.0471. The predicted octanol–water partition coefficient (Wildman–Crippen LogP) is 1.25. The number of rotatable bonds is 10. The molecule has 10 heteroatoms. The number of ether oxygens (including phenoxy) is 1. The van der Waals surface area contributed by atoms with Crippen molar-refractivity contribution in [3.8, 4) is 0 Å². The van der Waals surface area contributed by atoms with Gasteiger partial charge in [0.15, 0.2) is 5.71 Å². The van der Waals surface area contributed by atoms with Crippen molar-refractivity contribution >= 4 is 39.0 Å². The van der Waals surface area contributed by atoms with Crippen molar-refractivity contribution in [2.45, 2.75) is 32.6 Å². The second-order valence-corrected chi connectivity index (χ2v) is 7.81. The number of benzene rings is 1. The van der Waals surface area contributed by atoms with E-state index in [0.29, 0.717) is 17.8 Å². The summed E-state index contributed by atoms with van der Waals surface area (Å²) >= 11 is 0. The number of hydrogen-bond acceptors (Lipinski definition) is 7. The highest BCUT2D eigenvalue weighted by Gasteiger charge is 2.30. The van der Waals surface area contributed by atoms with Crippen molar-refractivity contribution in [3.63, 3.8) is 0 Å². The summed E-state index contributed by atoms with van der Waals surface area (Å²) in [6.07, 6.45) is 2.17. The Bertz CT molecular complexity index is 804. The highest BCUT2D eigenvalue weighted by atomic mass is 32.2. The number of anilines is 2. The third-order valence-electron chi connectivity index (χ3n) is 3.74. The first-order chi connectivity index (χ1) is 12.9. The quantitative estimate of drug-likeness (QED) is 0.452. The molecule has 9 nitrogen and oxygen atoms in total. The first kappa shape index (κ1) is 20.8. The van der Waals surface area contributed by atoms with Crippen LogP contribution in [-0.4, -0.2) is 50.1 Å². The number of amides is 1. The molecule has 2 rings (SSSR count). The SMILES string of the molecule is CCCCCS(=O)(=O)Nc1ccc(N2N=C(C(=O)OCCO)CC2=O)cc1. The van der Waals surface area contributed by atoms with E-state index in [4.69, 9.17) is 9.84 Å². The lowest BCUT2D eigenvalue weighted by Crippen LogP contribution is -2.20. The van der Waals surface area contributed by atoms with E-state index in [1.807, 2.05) is 6.92 Å². The molecule has 0 fully saturated rings. The van der Waals surface area contributed by atoms with Crippen LogP contribution in [0.3, 0.4) is 0 Å². The Labute approximate surface area is 158 Å². The summed E-state index contributed by atoms with van der Waals surface area (Å²) in [5.74, 6) is -1.10. The van der Waals surface area contributed by atoms with Gasteiger partial charge in [-0.1, -0.05) is 19.8 Å². The molecule has 0 saturated heterocycles. The van der Waals surface area contributed by atoms with Gasteiger partial charge in [-0.3, -0.25) is 9.52 Å². The molecule has 0 aliphatic carbocycles. The third kappa shape index (κ3) is 6.04. The van der Waals surface area contributed by atoms with Crippen molar-refractivity contribution in [1.82, 2.24) is 0 Å². The molecule has 1 heterocycles. The van der Waals surface area contributed by atoms with Crippen LogP contribution in [0.2, 0.25) is 0 Å². The topological polar surface area (TPSA) is 125 Å². The van der Waals surface area contributed by atoms with E-state index in [2.05, 4.69) is 9.82 Å². The molecule has 0 spiro atoms. The van der Waals surface area contributed by atoms with Crippen molar-refractivity contribution in [2.75, 3.05) is 28.7 Å². The van der Waals surface area contributed by atoms with Gasteiger partial charge in [-0.2, -0.15) is 10.1 Å². The molecule has 0 atom stereocenters. The second-order valence-electron chi connectivity index (χ2n) is 5.96. The Morgan fingerprint density at radius 3 is 2.63 bits per heavy atom. The van der Waals surface area contributed by atoms with E-state index in [1.165, 1.54) is 24.3 Å². The normalized spacial score (nSPS) is 14.2. The number of sulfonamides is 1. The lowest BCUT2D eigenvalue weighted by molar-refractivity contribution is -0.136. The Morgan fingerprint density at radius 1 is 1.30 bits per heavy atom. The highest BCUT2D eigenvalue weighted by molar-refractivity contribution is 7.92. The molecule has 0 unspecified atom stereocenters. The summed E-state index contributed by atoms with van der Waals surface area (Å²) in [4.78, 5) is 23.8. The number of hydrazone groups is 1. The molecule has 27 heavy (non-hydrogen) atoms. The Balaban J connectivity index is 2.03. The first-order valence-corrected chi connectivity index (χ1v) is 10.3.